The van der Waals surface area contributed by atoms with Crippen molar-refractivity contribution in [3.63, 3.8) is 0 Å². The van der Waals surface area contributed by atoms with Crippen molar-refractivity contribution in [2.75, 3.05) is 20.2 Å². The van der Waals surface area contributed by atoms with Crippen molar-refractivity contribution in [3.05, 3.63) is 54.1 Å². The van der Waals surface area contributed by atoms with Crippen molar-refractivity contribution in [1.29, 1.82) is 0 Å². The largest absolute Gasteiger partial charge is 0.496 e. The zero-order valence-electron chi connectivity index (χ0n) is 11.2. The van der Waals surface area contributed by atoms with Crippen LogP contribution < -0.4 is 10.1 Å². The fraction of sp³-hybridized carbons (Fsp3) is 0.294. The minimum atomic E-state index is 0.633. The van der Waals surface area contributed by atoms with Gasteiger partial charge < -0.3 is 10.1 Å². The van der Waals surface area contributed by atoms with E-state index in [0.29, 0.717) is 5.92 Å². The quantitative estimate of drug-likeness (QED) is 0.904. The van der Waals surface area contributed by atoms with Crippen LogP contribution in [0.4, 0.5) is 0 Å². The highest BCUT2D eigenvalue weighted by molar-refractivity contribution is 5.71. The average Bonchev–Trinajstić information content (AvgIpc) is 3.02. The van der Waals surface area contributed by atoms with Crippen molar-refractivity contribution in [3.8, 4) is 16.9 Å². The Labute approximate surface area is 114 Å². The van der Waals surface area contributed by atoms with Gasteiger partial charge in [0.15, 0.2) is 0 Å². The Balaban J connectivity index is 2.03. The second kappa shape index (κ2) is 5.45. The molecule has 1 aliphatic heterocycles. The van der Waals surface area contributed by atoms with Crippen molar-refractivity contribution >= 4 is 0 Å². The number of rotatable bonds is 3. The molecule has 98 valence electrons. The Morgan fingerprint density at radius 2 is 1.95 bits per heavy atom. The molecule has 3 rings (SSSR count). The van der Waals surface area contributed by atoms with Crippen LogP contribution in [0.5, 0.6) is 5.75 Å². The van der Waals surface area contributed by atoms with Gasteiger partial charge in [-0.1, -0.05) is 36.4 Å². The Morgan fingerprint density at radius 1 is 1.11 bits per heavy atom. The van der Waals surface area contributed by atoms with Crippen LogP contribution in [0.15, 0.2) is 48.5 Å². The molecule has 0 spiro atoms. The monoisotopic (exact) mass is 253 g/mol. The molecule has 0 bridgehead atoms. The highest BCUT2D eigenvalue weighted by atomic mass is 16.5. The highest BCUT2D eigenvalue weighted by Gasteiger charge is 2.18. The van der Waals surface area contributed by atoms with Crippen molar-refractivity contribution < 1.29 is 4.74 Å². The second-order valence-corrected chi connectivity index (χ2v) is 5.02. The van der Waals surface area contributed by atoms with E-state index in [0.717, 1.165) is 18.8 Å². The summed E-state index contributed by atoms with van der Waals surface area (Å²) in [6.45, 7) is 2.21. The molecular weight excluding hydrogens is 234 g/mol. The van der Waals surface area contributed by atoms with E-state index in [1.807, 2.05) is 6.07 Å². The van der Waals surface area contributed by atoms with Gasteiger partial charge in [-0.05, 0) is 42.1 Å². The summed E-state index contributed by atoms with van der Waals surface area (Å²) in [6.07, 6.45) is 1.22. The molecule has 2 nitrogen and oxygen atoms in total. The molecule has 0 aromatic heterocycles. The van der Waals surface area contributed by atoms with Crippen molar-refractivity contribution in [2.24, 2.45) is 0 Å². The van der Waals surface area contributed by atoms with E-state index in [1.165, 1.54) is 23.1 Å². The second-order valence-electron chi connectivity index (χ2n) is 5.02. The third-order valence-electron chi connectivity index (χ3n) is 3.84. The van der Waals surface area contributed by atoms with Crippen LogP contribution in [0.25, 0.3) is 11.1 Å². The first-order valence-electron chi connectivity index (χ1n) is 6.82. The SMILES string of the molecule is COc1ccc(C2CCNC2)cc1-c1ccccc1. The molecule has 19 heavy (non-hydrogen) atoms. The Bertz CT molecular complexity index is 544. The van der Waals surface area contributed by atoms with E-state index in [9.17, 15) is 0 Å². The number of hydrogen-bond donors (Lipinski definition) is 1. The van der Waals surface area contributed by atoms with Crippen LogP contribution in [0, 0.1) is 0 Å². The maximum absolute atomic E-state index is 5.50. The van der Waals surface area contributed by atoms with Crippen LogP contribution in [0.3, 0.4) is 0 Å². The number of nitrogens with one attached hydrogen (secondary N) is 1. The normalized spacial score (nSPS) is 18.5. The van der Waals surface area contributed by atoms with Crippen LogP contribution in [0.1, 0.15) is 17.9 Å². The van der Waals surface area contributed by atoms with E-state index < -0.39 is 0 Å². The minimum absolute atomic E-state index is 0.633. The minimum Gasteiger partial charge on any atom is -0.496 e. The van der Waals surface area contributed by atoms with Crippen molar-refractivity contribution in [2.45, 2.75) is 12.3 Å². The number of hydrogen-bond acceptors (Lipinski definition) is 2. The van der Waals surface area contributed by atoms with Crippen LogP contribution in [0.2, 0.25) is 0 Å². The first kappa shape index (κ1) is 12.2. The third-order valence-corrected chi connectivity index (χ3v) is 3.84. The first-order valence-corrected chi connectivity index (χ1v) is 6.82. The van der Waals surface area contributed by atoms with Gasteiger partial charge in [0.2, 0.25) is 0 Å². The fourth-order valence-electron chi connectivity index (χ4n) is 2.76. The fourth-order valence-corrected chi connectivity index (χ4v) is 2.76. The van der Waals surface area contributed by atoms with E-state index in [2.05, 4.69) is 47.8 Å². The van der Waals surface area contributed by atoms with Gasteiger partial charge in [0.05, 0.1) is 7.11 Å². The van der Waals surface area contributed by atoms with E-state index in [-0.39, 0.29) is 0 Å². The summed E-state index contributed by atoms with van der Waals surface area (Å²) < 4.78 is 5.50. The standard InChI is InChI=1S/C17H19NO/c1-19-17-8-7-14(15-9-10-18-12-15)11-16(17)13-5-3-2-4-6-13/h2-8,11,15,18H,9-10,12H2,1H3. The van der Waals surface area contributed by atoms with Crippen LogP contribution >= 0.6 is 0 Å². The molecule has 0 saturated carbocycles. The lowest BCUT2D eigenvalue weighted by Gasteiger charge is -2.14. The predicted molar refractivity (Wildman–Crippen MR) is 78.7 cm³/mol. The van der Waals surface area contributed by atoms with Crippen LogP contribution in [-0.2, 0) is 0 Å². The van der Waals surface area contributed by atoms with Gasteiger partial charge in [0, 0.05) is 12.1 Å². The van der Waals surface area contributed by atoms with Gasteiger partial charge in [0.1, 0.15) is 5.75 Å². The molecular formula is C17H19NO. The number of benzene rings is 2. The zero-order valence-corrected chi connectivity index (χ0v) is 11.2. The Hall–Kier alpha value is -1.80. The van der Waals surface area contributed by atoms with Gasteiger partial charge in [0.25, 0.3) is 0 Å². The summed E-state index contributed by atoms with van der Waals surface area (Å²) in [4.78, 5) is 0. The van der Waals surface area contributed by atoms with Gasteiger partial charge in [-0.3, -0.25) is 0 Å². The molecule has 1 atom stereocenters. The zero-order chi connectivity index (χ0) is 13.1. The smallest absolute Gasteiger partial charge is 0.126 e. The highest BCUT2D eigenvalue weighted by Crippen LogP contribution is 2.34. The van der Waals surface area contributed by atoms with Gasteiger partial charge in [-0.25, -0.2) is 0 Å². The topological polar surface area (TPSA) is 21.3 Å². The lowest BCUT2D eigenvalue weighted by molar-refractivity contribution is 0.416. The maximum atomic E-state index is 5.50. The summed E-state index contributed by atoms with van der Waals surface area (Å²) in [5.74, 6) is 1.58. The third kappa shape index (κ3) is 2.49. The molecule has 2 aromatic carbocycles. The van der Waals surface area contributed by atoms with E-state index in [1.54, 1.807) is 7.11 Å². The molecule has 1 saturated heterocycles. The summed E-state index contributed by atoms with van der Waals surface area (Å²) in [7, 11) is 1.73. The Morgan fingerprint density at radius 3 is 2.63 bits per heavy atom. The molecule has 1 N–H and O–H groups in total. The van der Waals surface area contributed by atoms with Gasteiger partial charge in [-0.15, -0.1) is 0 Å². The number of methoxy groups -OCH3 is 1. The molecule has 0 aliphatic carbocycles. The lowest BCUT2D eigenvalue weighted by atomic mass is 9.94. The predicted octanol–water partition coefficient (Wildman–Crippen LogP) is 3.44. The number of ether oxygens (including phenoxy) is 1. The Kier molecular flexibility index (Phi) is 3.51. The molecule has 1 unspecified atom stereocenters. The summed E-state index contributed by atoms with van der Waals surface area (Å²) >= 11 is 0. The van der Waals surface area contributed by atoms with Gasteiger partial charge >= 0.3 is 0 Å². The van der Waals surface area contributed by atoms with E-state index in [4.69, 9.17) is 4.74 Å². The van der Waals surface area contributed by atoms with E-state index >= 15 is 0 Å². The van der Waals surface area contributed by atoms with Crippen molar-refractivity contribution in [1.82, 2.24) is 5.32 Å². The summed E-state index contributed by atoms with van der Waals surface area (Å²) in [5, 5.41) is 3.43. The van der Waals surface area contributed by atoms with Crippen LogP contribution in [-0.4, -0.2) is 20.2 Å². The molecule has 2 heteroatoms. The first-order chi connectivity index (χ1) is 9.38. The molecule has 0 amide bonds. The molecule has 1 aliphatic rings. The molecule has 2 aromatic rings. The maximum Gasteiger partial charge on any atom is 0.126 e. The summed E-state index contributed by atoms with van der Waals surface area (Å²) in [6, 6.07) is 17.0. The molecule has 1 heterocycles. The molecule has 0 radical (unpaired) electrons. The average molecular weight is 253 g/mol. The lowest BCUT2D eigenvalue weighted by Crippen LogP contribution is -2.08. The van der Waals surface area contributed by atoms with Gasteiger partial charge in [-0.2, -0.15) is 0 Å². The molecule has 1 fully saturated rings. The summed E-state index contributed by atoms with van der Waals surface area (Å²) in [5.41, 5.74) is 3.81.